The van der Waals surface area contributed by atoms with Gasteiger partial charge in [0.05, 0.1) is 10.8 Å². The molecule has 2 nitrogen and oxygen atoms in total. The van der Waals surface area contributed by atoms with Gasteiger partial charge >= 0.3 is 0 Å². The Bertz CT molecular complexity index is 192. The largest absolute Gasteiger partial charge is 0.347 e. The van der Waals surface area contributed by atoms with Crippen LogP contribution in [0.15, 0.2) is 0 Å². The third-order valence-electron chi connectivity index (χ3n) is 2.37. The van der Waals surface area contributed by atoms with Crippen LogP contribution in [0.4, 0.5) is 0 Å². The van der Waals surface area contributed by atoms with E-state index in [1.54, 1.807) is 0 Å². The first-order chi connectivity index (χ1) is 7.01. The van der Waals surface area contributed by atoms with E-state index < -0.39 is 27.3 Å². The third-order valence-corrected chi connectivity index (χ3v) is 4.96. The van der Waals surface area contributed by atoms with Gasteiger partial charge in [-0.3, -0.25) is 0 Å². The normalized spacial score (nSPS) is 39.6. The van der Waals surface area contributed by atoms with Crippen molar-refractivity contribution in [1.82, 2.24) is 0 Å². The minimum absolute atomic E-state index is 0.444. The Kier molecular flexibility index (Phi) is 5.29. The van der Waals surface area contributed by atoms with E-state index in [-0.39, 0.29) is 0 Å². The SMILES string of the molecule is CCOC1(OCC)C(Cl)C(Cl)C(Cl)C1Cl. The molecule has 0 amide bonds. The molecule has 0 aromatic carbocycles. The van der Waals surface area contributed by atoms with Crippen LogP contribution >= 0.6 is 46.4 Å². The number of hydrogen-bond acceptors (Lipinski definition) is 2. The topological polar surface area (TPSA) is 18.5 Å². The fourth-order valence-corrected chi connectivity index (χ4v) is 3.42. The Morgan fingerprint density at radius 2 is 1.20 bits per heavy atom. The molecule has 90 valence electrons. The fourth-order valence-electron chi connectivity index (χ4n) is 1.73. The highest BCUT2D eigenvalue weighted by atomic mass is 35.5. The van der Waals surface area contributed by atoms with Crippen molar-refractivity contribution in [2.75, 3.05) is 13.2 Å². The summed E-state index contributed by atoms with van der Waals surface area (Å²) in [6.45, 7) is 4.58. The zero-order valence-corrected chi connectivity index (χ0v) is 11.6. The zero-order valence-electron chi connectivity index (χ0n) is 8.55. The maximum absolute atomic E-state index is 6.18. The summed E-state index contributed by atoms with van der Waals surface area (Å²) < 4.78 is 11.1. The molecule has 15 heavy (non-hydrogen) atoms. The first kappa shape index (κ1) is 14.1. The lowest BCUT2D eigenvalue weighted by molar-refractivity contribution is -0.222. The van der Waals surface area contributed by atoms with E-state index in [1.807, 2.05) is 13.8 Å². The van der Waals surface area contributed by atoms with E-state index in [9.17, 15) is 0 Å². The zero-order chi connectivity index (χ0) is 11.6. The quantitative estimate of drug-likeness (QED) is 0.586. The van der Waals surface area contributed by atoms with Crippen LogP contribution in [0.2, 0.25) is 0 Å². The Morgan fingerprint density at radius 3 is 1.47 bits per heavy atom. The molecule has 0 aromatic heterocycles. The summed E-state index contributed by atoms with van der Waals surface area (Å²) >= 11 is 24.5. The smallest absolute Gasteiger partial charge is 0.204 e. The van der Waals surface area contributed by atoms with Crippen molar-refractivity contribution in [3.63, 3.8) is 0 Å². The van der Waals surface area contributed by atoms with Crippen molar-refractivity contribution in [3.05, 3.63) is 0 Å². The molecule has 0 aliphatic heterocycles. The van der Waals surface area contributed by atoms with Crippen LogP contribution in [-0.2, 0) is 9.47 Å². The molecule has 0 saturated heterocycles. The predicted octanol–water partition coefficient (Wildman–Crippen LogP) is 3.20. The maximum atomic E-state index is 6.18. The summed E-state index contributed by atoms with van der Waals surface area (Å²) in [5, 5.41) is -2.03. The number of alkyl halides is 4. The van der Waals surface area contributed by atoms with E-state index in [0.717, 1.165) is 0 Å². The Balaban J connectivity index is 2.94. The lowest BCUT2D eigenvalue weighted by Crippen LogP contribution is -2.49. The summed E-state index contributed by atoms with van der Waals surface area (Å²) in [6, 6.07) is 0. The van der Waals surface area contributed by atoms with Crippen LogP contribution in [0.25, 0.3) is 0 Å². The first-order valence-corrected chi connectivity index (χ1v) is 6.60. The van der Waals surface area contributed by atoms with Crippen LogP contribution < -0.4 is 0 Å². The summed E-state index contributed by atoms with van der Waals surface area (Å²) in [7, 11) is 0. The molecule has 1 saturated carbocycles. The van der Waals surface area contributed by atoms with Crippen LogP contribution in [0.3, 0.4) is 0 Å². The van der Waals surface area contributed by atoms with Gasteiger partial charge in [-0.1, -0.05) is 0 Å². The van der Waals surface area contributed by atoms with Gasteiger partial charge in [0.25, 0.3) is 0 Å². The Labute approximate surface area is 110 Å². The second-order valence-corrected chi connectivity index (χ2v) is 5.23. The summed E-state index contributed by atoms with van der Waals surface area (Å²) in [5.41, 5.74) is 0. The van der Waals surface area contributed by atoms with Crippen molar-refractivity contribution in [2.45, 2.75) is 41.1 Å². The molecule has 1 aliphatic rings. The van der Waals surface area contributed by atoms with Crippen molar-refractivity contribution in [1.29, 1.82) is 0 Å². The average molecular weight is 296 g/mol. The second kappa shape index (κ2) is 5.61. The number of rotatable bonds is 4. The van der Waals surface area contributed by atoms with Gasteiger partial charge in [-0.05, 0) is 13.8 Å². The molecule has 4 atom stereocenters. The highest BCUT2D eigenvalue weighted by Crippen LogP contribution is 2.46. The van der Waals surface area contributed by atoms with Crippen LogP contribution in [-0.4, -0.2) is 40.5 Å². The summed E-state index contributed by atoms with van der Waals surface area (Å²) in [6.07, 6.45) is 0. The van der Waals surface area contributed by atoms with E-state index in [2.05, 4.69) is 0 Å². The number of ether oxygens (including phenoxy) is 2. The molecular weight excluding hydrogens is 282 g/mol. The Morgan fingerprint density at radius 1 is 0.867 bits per heavy atom. The first-order valence-electron chi connectivity index (χ1n) is 4.85. The van der Waals surface area contributed by atoms with Gasteiger partial charge in [0.2, 0.25) is 5.79 Å². The molecule has 0 bridgehead atoms. The van der Waals surface area contributed by atoms with Gasteiger partial charge in [0.15, 0.2) is 0 Å². The van der Waals surface area contributed by atoms with Crippen molar-refractivity contribution >= 4 is 46.4 Å². The van der Waals surface area contributed by atoms with E-state index in [0.29, 0.717) is 13.2 Å². The molecule has 0 aromatic rings. The number of halogens is 4. The van der Waals surface area contributed by atoms with Crippen molar-refractivity contribution < 1.29 is 9.47 Å². The third kappa shape index (κ3) is 2.36. The molecule has 1 rings (SSSR count). The maximum Gasteiger partial charge on any atom is 0.204 e. The number of hydrogen-bond donors (Lipinski definition) is 0. The van der Waals surface area contributed by atoms with E-state index >= 15 is 0 Å². The minimum atomic E-state index is -1.08. The van der Waals surface area contributed by atoms with Gasteiger partial charge in [0, 0.05) is 13.2 Å². The summed E-state index contributed by atoms with van der Waals surface area (Å²) in [5.74, 6) is -1.08. The van der Waals surface area contributed by atoms with Crippen molar-refractivity contribution in [3.8, 4) is 0 Å². The lowest BCUT2D eigenvalue weighted by atomic mass is 10.2. The molecule has 1 aliphatic carbocycles. The van der Waals surface area contributed by atoms with Crippen LogP contribution in [0.1, 0.15) is 13.8 Å². The summed E-state index contributed by atoms with van der Waals surface area (Å²) in [4.78, 5) is 0. The molecule has 0 spiro atoms. The van der Waals surface area contributed by atoms with Gasteiger partial charge in [-0.25, -0.2) is 0 Å². The average Bonchev–Trinajstić information content (AvgIpc) is 2.36. The molecule has 0 heterocycles. The van der Waals surface area contributed by atoms with E-state index in [1.165, 1.54) is 0 Å². The predicted molar refractivity (Wildman–Crippen MR) is 64.5 cm³/mol. The van der Waals surface area contributed by atoms with Crippen LogP contribution in [0, 0.1) is 0 Å². The van der Waals surface area contributed by atoms with Crippen molar-refractivity contribution in [2.24, 2.45) is 0 Å². The highest BCUT2D eigenvalue weighted by Gasteiger charge is 2.60. The molecular formula is C9H14Cl4O2. The van der Waals surface area contributed by atoms with Gasteiger partial charge in [-0.2, -0.15) is 0 Å². The minimum Gasteiger partial charge on any atom is -0.347 e. The molecule has 4 unspecified atom stereocenters. The van der Waals surface area contributed by atoms with E-state index in [4.69, 9.17) is 55.9 Å². The molecule has 1 fully saturated rings. The molecule has 6 heteroatoms. The van der Waals surface area contributed by atoms with Gasteiger partial charge in [-0.15, -0.1) is 46.4 Å². The highest BCUT2D eigenvalue weighted by molar-refractivity contribution is 6.40. The standard InChI is InChI=1S/C9H14Cl4O2/c1-3-14-9(15-4-2)7(12)5(10)6(11)8(9)13/h5-8H,3-4H2,1-2H3. The fraction of sp³-hybridized carbons (Fsp3) is 1.00. The molecule has 0 N–H and O–H groups in total. The Hall–Kier alpha value is 1.08. The van der Waals surface area contributed by atoms with Gasteiger partial charge < -0.3 is 9.47 Å². The lowest BCUT2D eigenvalue weighted by Gasteiger charge is -2.34. The second-order valence-electron chi connectivity index (χ2n) is 3.28. The molecule has 0 radical (unpaired) electrons. The van der Waals surface area contributed by atoms with Crippen LogP contribution in [0.5, 0.6) is 0 Å². The monoisotopic (exact) mass is 294 g/mol. The van der Waals surface area contributed by atoms with Gasteiger partial charge in [0.1, 0.15) is 10.8 Å².